The largest absolute Gasteiger partial charge is 0.384 e. The van der Waals surface area contributed by atoms with Crippen molar-refractivity contribution in [3.05, 3.63) is 40.1 Å². The monoisotopic (exact) mass is 237 g/mol. The van der Waals surface area contributed by atoms with Gasteiger partial charge in [-0.15, -0.1) is 0 Å². The molecule has 0 bridgehead atoms. The van der Waals surface area contributed by atoms with E-state index in [4.69, 9.17) is 29.6 Å². The molecule has 0 spiro atoms. The third-order valence-corrected chi connectivity index (χ3v) is 2.33. The van der Waals surface area contributed by atoms with Crippen LogP contribution in [0.15, 0.2) is 30.3 Å². The lowest BCUT2D eigenvalue weighted by Crippen LogP contribution is -1.94. The van der Waals surface area contributed by atoms with E-state index in [0.29, 0.717) is 15.6 Å². The van der Waals surface area contributed by atoms with Crippen LogP contribution in [0.25, 0.3) is 11.3 Å². The van der Waals surface area contributed by atoms with Crippen LogP contribution in [-0.2, 0) is 0 Å². The molecule has 1 aromatic carbocycles. The summed E-state index contributed by atoms with van der Waals surface area (Å²) in [5.41, 5.74) is 7.35. The van der Waals surface area contributed by atoms with Crippen molar-refractivity contribution in [2.45, 2.75) is 0 Å². The predicted molar refractivity (Wildman–Crippen MR) is 64.3 cm³/mol. The summed E-state index contributed by atoms with van der Waals surface area (Å²) in [6.45, 7) is 0. The average molecular weight is 238 g/mol. The molecule has 0 fully saturated rings. The number of H-pyrrole nitrogens is 1. The Labute approximate surface area is 96.9 Å². The molecule has 76 valence electrons. The number of nitrogens with two attached hydrogens (primary N) is 1. The lowest BCUT2D eigenvalue weighted by Gasteiger charge is -2.03. The van der Waals surface area contributed by atoms with Crippen LogP contribution in [0, 0.1) is 4.77 Å². The third-order valence-electron chi connectivity index (χ3n) is 1.90. The lowest BCUT2D eigenvalue weighted by atomic mass is 10.1. The highest BCUT2D eigenvalue weighted by atomic mass is 35.5. The van der Waals surface area contributed by atoms with Crippen molar-refractivity contribution in [2.75, 3.05) is 5.73 Å². The molecule has 0 amide bonds. The van der Waals surface area contributed by atoms with Crippen molar-refractivity contribution in [2.24, 2.45) is 0 Å². The Kier molecular flexibility index (Phi) is 2.70. The fraction of sp³-hybridized carbons (Fsp3) is 0. The van der Waals surface area contributed by atoms with Crippen molar-refractivity contribution < 1.29 is 0 Å². The van der Waals surface area contributed by atoms with Gasteiger partial charge in [0.2, 0.25) is 0 Å². The Morgan fingerprint density at radius 3 is 2.80 bits per heavy atom. The molecule has 1 aromatic heterocycles. The Morgan fingerprint density at radius 1 is 1.33 bits per heavy atom. The van der Waals surface area contributed by atoms with E-state index in [9.17, 15) is 0 Å². The number of aromatic amines is 1. The summed E-state index contributed by atoms with van der Waals surface area (Å²) in [6, 6.07) is 9.16. The molecule has 5 heteroatoms. The quantitative estimate of drug-likeness (QED) is 0.750. The van der Waals surface area contributed by atoms with Crippen molar-refractivity contribution >= 4 is 29.6 Å². The number of nitrogens with one attached hydrogen (secondary N) is 1. The molecule has 1 heterocycles. The maximum atomic E-state index is 5.89. The van der Waals surface area contributed by atoms with E-state index < -0.39 is 0 Å². The van der Waals surface area contributed by atoms with Crippen molar-refractivity contribution in [3.63, 3.8) is 0 Å². The van der Waals surface area contributed by atoms with E-state index in [-0.39, 0.29) is 0 Å². The van der Waals surface area contributed by atoms with Gasteiger partial charge in [-0.25, -0.2) is 4.98 Å². The lowest BCUT2D eigenvalue weighted by molar-refractivity contribution is 1.15. The molecule has 3 N–H and O–H groups in total. The van der Waals surface area contributed by atoms with Crippen LogP contribution in [0.2, 0.25) is 5.02 Å². The van der Waals surface area contributed by atoms with Gasteiger partial charge >= 0.3 is 0 Å². The number of nitrogen functional groups attached to an aromatic ring is 1. The first kappa shape index (κ1) is 10.1. The van der Waals surface area contributed by atoms with E-state index in [1.54, 1.807) is 6.07 Å². The molecule has 0 aliphatic carbocycles. The van der Waals surface area contributed by atoms with Crippen LogP contribution in [-0.4, -0.2) is 9.97 Å². The van der Waals surface area contributed by atoms with Crippen molar-refractivity contribution in [1.82, 2.24) is 9.97 Å². The number of nitrogens with zero attached hydrogens (tertiary/aromatic N) is 1. The number of benzene rings is 1. The van der Waals surface area contributed by atoms with Gasteiger partial charge < -0.3 is 10.7 Å². The maximum absolute atomic E-state index is 5.89. The summed E-state index contributed by atoms with van der Waals surface area (Å²) >= 11 is 10.8. The molecular weight excluding hydrogens is 230 g/mol. The number of hydrogen-bond donors (Lipinski definition) is 2. The first-order chi connectivity index (χ1) is 7.15. The SMILES string of the molecule is Nc1cc(-c2cccc(Cl)c2)[nH]c(=S)n1. The Balaban J connectivity index is 2.59. The average Bonchev–Trinajstić information content (AvgIpc) is 2.16. The molecule has 0 aliphatic heterocycles. The summed E-state index contributed by atoms with van der Waals surface area (Å²) in [5, 5.41) is 0.669. The minimum Gasteiger partial charge on any atom is -0.384 e. The highest BCUT2D eigenvalue weighted by Gasteiger charge is 2.00. The first-order valence-corrected chi connectivity index (χ1v) is 5.06. The van der Waals surface area contributed by atoms with Gasteiger partial charge in [0.1, 0.15) is 5.82 Å². The number of anilines is 1. The van der Waals surface area contributed by atoms with Crippen LogP contribution >= 0.6 is 23.8 Å². The molecule has 0 atom stereocenters. The molecule has 0 radical (unpaired) electrons. The molecule has 0 saturated heterocycles. The zero-order valence-electron chi connectivity index (χ0n) is 7.70. The highest BCUT2D eigenvalue weighted by Crippen LogP contribution is 2.21. The van der Waals surface area contributed by atoms with Crippen LogP contribution in [0.4, 0.5) is 5.82 Å². The highest BCUT2D eigenvalue weighted by molar-refractivity contribution is 7.71. The molecule has 2 rings (SSSR count). The summed E-state index contributed by atoms with van der Waals surface area (Å²) < 4.78 is 0.366. The first-order valence-electron chi connectivity index (χ1n) is 4.28. The molecule has 2 aromatic rings. The molecule has 0 aliphatic rings. The van der Waals surface area contributed by atoms with Gasteiger partial charge in [0.25, 0.3) is 0 Å². The van der Waals surface area contributed by atoms with Crippen molar-refractivity contribution in [3.8, 4) is 11.3 Å². The van der Waals surface area contributed by atoms with Gasteiger partial charge in [-0.1, -0.05) is 23.7 Å². The van der Waals surface area contributed by atoms with E-state index in [0.717, 1.165) is 11.3 Å². The summed E-state index contributed by atoms with van der Waals surface area (Å²) in [7, 11) is 0. The maximum Gasteiger partial charge on any atom is 0.199 e. The normalized spacial score (nSPS) is 10.2. The molecule has 3 nitrogen and oxygen atoms in total. The molecular formula is C10H8ClN3S. The van der Waals surface area contributed by atoms with Crippen molar-refractivity contribution in [1.29, 1.82) is 0 Å². The molecule has 15 heavy (non-hydrogen) atoms. The number of halogens is 1. The number of hydrogen-bond acceptors (Lipinski definition) is 3. The number of aromatic nitrogens is 2. The molecule has 0 unspecified atom stereocenters. The summed E-state index contributed by atoms with van der Waals surface area (Å²) in [6.07, 6.45) is 0. The summed E-state index contributed by atoms with van der Waals surface area (Å²) in [4.78, 5) is 6.84. The smallest absolute Gasteiger partial charge is 0.199 e. The van der Waals surface area contributed by atoms with Crippen LogP contribution in [0.5, 0.6) is 0 Å². The van der Waals surface area contributed by atoms with Crippen LogP contribution in [0.3, 0.4) is 0 Å². The van der Waals surface area contributed by atoms with Crippen LogP contribution in [0.1, 0.15) is 0 Å². The zero-order valence-corrected chi connectivity index (χ0v) is 9.27. The summed E-state index contributed by atoms with van der Waals surface area (Å²) in [5.74, 6) is 0.397. The van der Waals surface area contributed by atoms with E-state index >= 15 is 0 Å². The molecule has 0 saturated carbocycles. The Morgan fingerprint density at radius 2 is 2.13 bits per heavy atom. The predicted octanol–water partition coefficient (Wildman–Crippen LogP) is 3.04. The van der Waals surface area contributed by atoms with Gasteiger partial charge in [-0.3, -0.25) is 0 Å². The van der Waals surface area contributed by atoms with Gasteiger partial charge in [-0.05, 0) is 29.9 Å². The van der Waals surface area contributed by atoms with Gasteiger partial charge in [-0.2, -0.15) is 0 Å². The minimum atomic E-state index is 0.366. The second-order valence-corrected chi connectivity index (χ2v) is 3.86. The van der Waals surface area contributed by atoms with Gasteiger partial charge in [0.05, 0.1) is 5.69 Å². The van der Waals surface area contributed by atoms with Crippen LogP contribution < -0.4 is 5.73 Å². The topological polar surface area (TPSA) is 54.7 Å². The fourth-order valence-electron chi connectivity index (χ4n) is 1.29. The van der Waals surface area contributed by atoms with Gasteiger partial charge in [0.15, 0.2) is 4.77 Å². The second kappa shape index (κ2) is 4.00. The third kappa shape index (κ3) is 2.34. The second-order valence-electron chi connectivity index (χ2n) is 3.04. The zero-order chi connectivity index (χ0) is 10.8. The van der Waals surface area contributed by atoms with Gasteiger partial charge in [0, 0.05) is 11.1 Å². The fourth-order valence-corrected chi connectivity index (χ4v) is 1.69. The van der Waals surface area contributed by atoms with E-state index in [1.165, 1.54) is 0 Å². The number of rotatable bonds is 1. The Hall–Kier alpha value is -1.39. The standard InChI is InChI=1S/C10H8ClN3S/c11-7-3-1-2-6(4-7)8-5-9(12)14-10(15)13-8/h1-5H,(H3,12,13,14,15). The van der Waals surface area contributed by atoms with E-state index in [2.05, 4.69) is 9.97 Å². The Bertz CT molecular complexity index is 550. The minimum absolute atomic E-state index is 0.366. The van der Waals surface area contributed by atoms with E-state index in [1.807, 2.05) is 24.3 Å².